The number of piperazine rings is 1. The monoisotopic (exact) mass is 507 g/mol. The van der Waals surface area contributed by atoms with Gasteiger partial charge in [0.15, 0.2) is 17.4 Å². The van der Waals surface area contributed by atoms with Crippen molar-refractivity contribution >= 4 is 28.1 Å². The lowest BCUT2D eigenvalue weighted by Gasteiger charge is -2.35. The number of likely N-dealkylation sites (N-methyl/N-ethyl adjacent to an activating group) is 1. The second-order valence-corrected chi connectivity index (χ2v) is 8.90. The number of aromatic nitrogens is 3. The highest BCUT2D eigenvalue weighted by Crippen LogP contribution is 2.35. The van der Waals surface area contributed by atoms with Crippen LogP contribution in [0.15, 0.2) is 47.9 Å². The van der Waals surface area contributed by atoms with Crippen LogP contribution < -0.4 is 15.0 Å². The molecule has 0 amide bonds. The summed E-state index contributed by atoms with van der Waals surface area (Å²) < 4.78 is 35.3. The van der Waals surface area contributed by atoms with Crippen LogP contribution >= 0.6 is 0 Å². The minimum atomic E-state index is -0.741. The van der Waals surface area contributed by atoms with Crippen LogP contribution in [0.5, 0.6) is 11.6 Å². The minimum Gasteiger partial charge on any atom is -0.435 e. The zero-order valence-corrected chi connectivity index (χ0v) is 20.6. The van der Waals surface area contributed by atoms with E-state index in [4.69, 9.17) is 4.74 Å². The van der Waals surface area contributed by atoms with Crippen LogP contribution in [0.3, 0.4) is 0 Å². The lowest BCUT2D eigenvalue weighted by Crippen LogP contribution is -2.46. The van der Waals surface area contributed by atoms with Gasteiger partial charge < -0.3 is 24.8 Å². The van der Waals surface area contributed by atoms with Gasteiger partial charge in [0.2, 0.25) is 5.88 Å². The number of nitrogens with zero attached hydrogens (tertiary/aromatic N) is 5. The number of aryl methyl sites for hydroxylation is 1. The third kappa shape index (κ3) is 5.08. The second-order valence-electron chi connectivity index (χ2n) is 8.90. The number of halogens is 2. The van der Waals surface area contributed by atoms with Gasteiger partial charge in [-0.05, 0) is 43.8 Å². The average Bonchev–Trinajstić information content (AvgIpc) is 3.32. The van der Waals surface area contributed by atoms with Crippen molar-refractivity contribution in [3.63, 3.8) is 0 Å². The van der Waals surface area contributed by atoms with Crippen LogP contribution in [0.2, 0.25) is 0 Å². The van der Waals surface area contributed by atoms with Gasteiger partial charge in [-0.15, -0.1) is 0 Å². The number of H-pyrrole nitrogens is 1. The third-order valence-corrected chi connectivity index (χ3v) is 6.55. The Balaban J connectivity index is 1.38. The fourth-order valence-corrected chi connectivity index (χ4v) is 4.53. The molecule has 0 saturated carbocycles. The van der Waals surface area contributed by atoms with Crippen molar-refractivity contribution in [1.29, 1.82) is 0 Å². The Labute approximate surface area is 212 Å². The standard InChI is InChI=1S/C26H27F2N7O2/c1-3-34-8-10-35(11-9-34)18-6-4-17(5-7-18)33-25-20(14-31-36)26(30-15-29-25)37-22-13-21(27)24-19(23(22)28)12-16(2)32-24/h4-7,12-13,15,32H,3,8-11,14H2,1-2H3,(H,29,30,33). The molecule has 2 aromatic carbocycles. The summed E-state index contributed by atoms with van der Waals surface area (Å²) in [6, 6.07) is 10.3. The first-order valence-electron chi connectivity index (χ1n) is 12.1. The van der Waals surface area contributed by atoms with Crippen molar-refractivity contribution in [1.82, 2.24) is 19.9 Å². The summed E-state index contributed by atoms with van der Waals surface area (Å²) in [6.07, 6.45) is 1.22. The van der Waals surface area contributed by atoms with Gasteiger partial charge in [-0.25, -0.2) is 18.7 Å². The lowest BCUT2D eigenvalue weighted by molar-refractivity contribution is 0.271. The molecule has 9 nitrogen and oxygen atoms in total. The molecular weight excluding hydrogens is 480 g/mol. The Hall–Kier alpha value is -4.12. The summed E-state index contributed by atoms with van der Waals surface area (Å²) >= 11 is 0. The van der Waals surface area contributed by atoms with E-state index in [1.165, 1.54) is 12.4 Å². The quantitative estimate of drug-likeness (QED) is 0.304. The molecule has 0 aliphatic carbocycles. The first-order chi connectivity index (χ1) is 18.0. The molecule has 2 aromatic heterocycles. The lowest BCUT2D eigenvalue weighted by atomic mass is 10.2. The van der Waals surface area contributed by atoms with Crippen molar-refractivity contribution in [3.05, 3.63) is 70.5 Å². The molecule has 4 aromatic rings. The molecular formula is C26H27F2N7O2. The Morgan fingerprint density at radius 1 is 1.11 bits per heavy atom. The van der Waals surface area contributed by atoms with Crippen molar-refractivity contribution in [2.75, 3.05) is 42.9 Å². The normalized spacial score (nSPS) is 14.2. The smallest absolute Gasteiger partial charge is 0.229 e. The molecule has 1 aliphatic heterocycles. The number of aromatic amines is 1. The molecule has 0 unspecified atom stereocenters. The Morgan fingerprint density at radius 2 is 1.86 bits per heavy atom. The van der Waals surface area contributed by atoms with Crippen molar-refractivity contribution in [2.24, 2.45) is 5.18 Å². The van der Waals surface area contributed by atoms with Gasteiger partial charge in [-0.3, -0.25) is 0 Å². The summed E-state index contributed by atoms with van der Waals surface area (Å²) in [7, 11) is 0. The predicted octanol–water partition coefficient (Wildman–Crippen LogP) is 5.49. The van der Waals surface area contributed by atoms with Gasteiger partial charge in [0.1, 0.15) is 18.7 Å². The van der Waals surface area contributed by atoms with E-state index in [0.29, 0.717) is 5.69 Å². The van der Waals surface area contributed by atoms with Gasteiger partial charge >= 0.3 is 0 Å². The van der Waals surface area contributed by atoms with E-state index in [2.05, 4.69) is 42.2 Å². The number of anilines is 3. The second kappa shape index (κ2) is 10.5. The molecule has 5 rings (SSSR count). The fraction of sp³-hybridized carbons (Fsp3) is 0.308. The highest BCUT2D eigenvalue weighted by Gasteiger charge is 2.20. The first-order valence-corrected chi connectivity index (χ1v) is 12.1. The Bertz CT molecular complexity index is 1420. The molecule has 2 N–H and O–H groups in total. The number of nitrogens with one attached hydrogen (secondary N) is 2. The van der Waals surface area contributed by atoms with Crippen LogP contribution in [-0.2, 0) is 6.54 Å². The van der Waals surface area contributed by atoms with E-state index >= 15 is 4.39 Å². The Morgan fingerprint density at radius 3 is 2.57 bits per heavy atom. The number of benzene rings is 2. The predicted molar refractivity (Wildman–Crippen MR) is 139 cm³/mol. The zero-order valence-electron chi connectivity index (χ0n) is 20.6. The average molecular weight is 508 g/mol. The third-order valence-electron chi connectivity index (χ3n) is 6.55. The van der Waals surface area contributed by atoms with Gasteiger partial charge in [0.25, 0.3) is 0 Å². The van der Waals surface area contributed by atoms with E-state index in [9.17, 15) is 9.30 Å². The summed E-state index contributed by atoms with van der Waals surface area (Å²) in [5.74, 6) is -1.57. The van der Waals surface area contributed by atoms with Crippen LogP contribution in [-0.4, -0.2) is 52.6 Å². The topological polar surface area (TPSA) is 98.7 Å². The molecule has 11 heteroatoms. The van der Waals surface area contributed by atoms with E-state index < -0.39 is 11.6 Å². The van der Waals surface area contributed by atoms with Gasteiger partial charge in [0.05, 0.1) is 11.1 Å². The van der Waals surface area contributed by atoms with Crippen LogP contribution in [0, 0.1) is 23.5 Å². The van der Waals surface area contributed by atoms with Crippen LogP contribution in [0.4, 0.5) is 26.0 Å². The zero-order chi connectivity index (χ0) is 25.9. The first kappa shape index (κ1) is 24.6. The molecule has 3 heterocycles. The van der Waals surface area contributed by atoms with E-state index in [-0.39, 0.29) is 40.5 Å². The molecule has 0 radical (unpaired) electrons. The number of fused-ring (bicyclic) bond motifs is 1. The maximum Gasteiger partial charge on any atom is 0.229 e. The summed E-state index contributed by atoms with van der Waals surface area (Å²) in [4.78, 5) is 27.0. The highest BCUT2D eigenvalue weighted by molar-refractivity contribution is 5.83. The molecule has 0 atom stereocenters. The van der Waals surface area contributed by atoms with Crippen molar-refractivity contribution < 1.29 is 13.5 Å². The number of ether oxygens (including phenoxy) is 1. The van der Waals surface area contributed by atoms with E-state index in [1.54, 1.807) is 6.92 Å². The molecule has 0 spiro atoms. The minimum absolute atomic E-state index is 0.0536. The van der Waals surface area contributed by atoms with E-state index in [1.807, 2.05) is 24.3 Å². The Kier molecular flexibility index (Phi) is 6.95. The summed E-state index contributed by atoms with van der Waals surface area (Å²) in [6.45, 7) is 8.60. The fourth-order valence-electron chi connectivity index (χ4n) is 4.53. The number of hydrogen-bond acceptors (Lipinski definition) is 8. The van der Waals surface area contributed by atoms with E-state index in [0.717, 1.165) is 50.2 Å². The number of nitroso groups, excluding NO2 is 1. The van der Waals surface area contributed by atoms with Gasteiger partial charge in [-0.1, -0.05) is 12.1 Å². The van der Waals surface area contributed by atoms with Gasteiger partial charge in [-0.2, -0.15) is 4.91 Å². The summed E-state index contributed by atoms with van der Waals surface area (Å²) in [5, 5.41) is 6.18. The van der Waals surface area contributed by atoms with Crippen molar-refractivity contribution in [2.45, 2.75) is 20.4 Å². The van der Waals surface area contributed by atoms with Crippen molar-refractivity contribution in [3.8, 4) is 11.6 Å². The molecule has 1 saturated heterocycles. The molecule has 1 aliphatic rings. The summed E-state index contributed by atoms with van der Waals surface area (Å²) in [5.41, 5.74) is 2.74. The maximum atomic E-state index is 15.1. The number of rotatable bonds is 8. The highest BCUT2D eigenvalue weighted by atomic mass is 19.1. The van der Waals surface area contributed by atoms with Crippen LogP contribution in [0.25, 0.3) is 10.9 Å². The largest absolute Gasteiger partial charge is 0.435 e. The maximum absolute atomic E-state index is 15.1. The number of hydrogen-bond donors (Lipinski definition) is 2. The van der Waals surface area contributed by atoms with Crippen LogP contribution in [0.1, 0.15) is 18.2 Å². The molecule has 0 bridgehead atoms. The molecule has 192 valence electrons. The molecule has 37 heavy (non-hydrogen) atoms. The SMILES string of the molecule is CCN1CCN(c2ccc(Nc3ncnc(Oc4cc(F)c5[nH]c(C)cc5c4F)c3CN=O)cc2)CC1. The van der Waals surface area contributed by atoms with Gasteiger partial charge in [0, 0.05) is 54.7 Å². The molecule has 1 fully saturated rings.